The second kappa shape index (κ2) is 6.94. The molecule has 2 aromatic rings. The summed E-state index contributed by atoms with van der Waals surface area (Å²) in [5, 5.41) is 8.36. The van der Waals surface area contributed by atoms with E-state index in [0.29, 0.717) is 30.7 Å². The summed E-state index contributed by atoms with van der Waals surface area (Å²) in [7, 11) is -0.356. The van der Waals surface area contributed by atoms with Gasteiger partial charge in [0.05, 0.1) is 38.3 Å². The molecule has 3 rings (SSSR count). The van der Waals surface area contributed by atoms with Crippen molar-refractivity contribution >= 4 is 16.1 Å². The molecule has 0 aliphatic carbocycles. The van der Waals surface area contributed by atoms with Crippen molar-refractivity contribution in [3.8, 4) is 11.6 Å². The maximum absolute atomic E-state index is 11.2. The zero-order valence-corrected chi connectivity index (χ0v) is 14.9. The van der Waals surface area contributed by atoms with E-state index in [1.54, 1.807) is 26.5 Å². The maximum atomic E-state index is 11.2. The summed E-state index contributed by atoms with van der Waals surface area (Å²) in [4.78, 5) is 6.08. The van der Waals surface area contributed by atoms with E-state index in [1.807, 2.05) is 15.5 Å². The van der Waals surface area contributed by atoms with Crippen LogP contribution in [0.1, 0.15) is 5.82 Å². The summed E-state index contributed by atoms with van der Waals surface area (Å²) in [6.07, 6.45) is 2.30. The Hall–Kier alpha value is -2.24. The van der Waals surface area contributed by atoms with Crippen molar-refractivity contribution in [2.75, 3.05) is 38.5 Å². The number of anilines is 1. The Morgan fingerprint density at radius 2 is 2.00 bits per heavy atom. The number of aromatic nitrogens is 4. The number of methoxy groups -OCH3 is 2. The van der Waals surface area contributed by atoms with E-state index < -0.39 is 10.1 Å². The monoisotopic (exact) mass is 369 g/mol. The van der Waals surface area contributed by atoms with Crippen LogP contribution in [0.4, 0.5) is 5.95 Å². The van der Waals surface area contributed by atoms with Crippen LogP contribution in [0.15, 0.2) is 18.3 Å². The highest BCUT2D eigenvalue weighted by Crippen LogP contribution is 2.26. The lowest BCUT2D eigenvalue weighted by atomic mass is 10.2. The Labute approximate surface area is 145 Å². The largest absolute Gasteiger partial charge is 0.481 e. The van der Waals surface area contributed by atoms with Gasteiger partial charge in [-0.1, -0.05) is 0 Å². The van der Waals surface area contributed by atoms with Crippen molar-refractivity contribution in [3.63, 3.8) is 0 Å². The van der Waals surface area contributed by atoms with Gasteiger partial charge in [0.15, 0.2) is 5.82 Å². The van der Waals surface area contributed by atoms with Crippen LogP contribution in [0.2, 0.25) is 0 Å². The highest BCUT2D eigenvalue weighted by Gasteiger charge is 2.34. The van der Waals surface area contributed by atoms with E-state index in [9.17, 15) is 8.42 Å². The molecule has 3 heterocycles. The third-order valence-electron chi connectivity index (χ3n) is 3.62. The third-order valence-corrected chi connectivity index (χ3v) is 4.24. The van der Waals surface area contributed by atoms with Crippen molar-refractivity contribution in [2.45, 2.75) is 12.7 Å². The van der Waals surface area contributed by atoms with Crippen LogP contribution < -0.4 is 9.64 Å². The lowest BCUT2D eigenvalue weighted by molar-refractivity contribution is 0.172. The topological polar surface area (TPSA) is 109 Å². The lowest BCUT2D eigenvalue weighted by Crippen LogP contribution is -2.53. The Balaban J connectivity index is 1.85. The smallest absolute Gasteiger partial charge is 0.264 e. The van der Waals surface area contributed by atoms with E-state index in [-0.39, 0.29) is 12.7 Å². The molecule has 0 amide bonds. The van der Waals surface area contributed by atoms with Gasteiger partial charge in [0.1, 0.15) is 12.7 Å². The molecular weight excluding hydrogens is 350 g/mol. The molecule has 136 valence electrons. The van der Waals surface area contributed by atoms with Crippen LogP contribution in [0.3, 0.4) is 0 Å². The fraction of sp³-hybridized carbons (Fsp3) is 0.500. The Bertz CT molecular complexity index is 830. The summed E-state index contributed by atoms with van der Waals surface area (Å²) in [6, 6.07) is 3.57. The number of hydrogen-bond donors (Lipinski definition) is 0. The van der Waals surface area contributed by atoms with Gasteiger partial charge >= 0.3 is 0 Å². The van der Waals surface area contributed by atoms with Crippen molar-refractivity contribution in [1.29, 1.82) is 0 Å². The van der Waals surface area contributed by atoms with Gasteiger partial charge in [-0.05, 0) is 6.07 Å². The van der Waals surface area contributed by atoms with Crippen LogP contribution in [0.5, 0.6) is 5.88 Å². The van der Waals surface area contributed by atoms with Gasteiger partial charge in [-0.15, -0.1) is 10.2 Å². The molecule has 0 N–H and O–H groups in total. The number of hydrogen-bond acceptors (Lipinski definition) is 9. The molecule has 10 nitrogen and oxygen atoms in total. The summed E-state index contributed by atoms with van der Waals surface area (Å²) in [5.74, 6) is 1.68. The minimum Gasteiger partial charge on any atom is -0.481 e. The molecule has 1 aliphatic heterocycles. The summed E-state index contributed by atoms with van der Waals surface area (Å²) in [5.41, 5.74) is 0.750. The van der Waals surface area contributed by atoms with Crippen LogP contribution in [0, 0.1) is 0 Å². The summed E-state index contributed by atoms with van der Waals surface area (Å²) in [6.45, 7) is 1.08. The zero-order valence-electron chi connectivity index (χ0n) is 14.1. The Morgan fingerprint density at radius 1 is 1.24 bits per heavy atom. The summed E-state index contributed by atoms with van der Waals surface area (Å²) < 4.78 is 39.4. The second-order valence-corrected chi connectivity index (χ2v) is 7.17. The quantitative estimate of drug-likeness (QED) is 0.622. The third kappa shape index (κ3) is 3.89. The van der Waals surface area contributed by atoms with E-state index in [4.69, 9.17) is 13.7 Å². The fourth-order valence-corrected chi connectivity index (χ4v) is 3.15. The van der Waals surface area contributed by atoms with Gasteiger partial charge in [-0.25, -0.2) is 4.98 Å². The van der Waals surface area contributed by atoms with Crippen molar-refractivity contribution in [1.82, 2.24) is 19.7 Å². The Morgan fingerprint density at radius 3 is 2.56 bits per heavy atom. The van der Waals surface area contributed by atoms with E-state index in [2.05, 4.69) is 15.2 Å². The van der Waals surface area contributed by atoms with Crippen LogP contribution >= 0.6 is 0 Å². The number of rotatable bonds is 7. The second-order valence-electron chi connectivity index (χ2n) is 5.57. The molecule has 0 aromatic carbocycles. The molecule has 0 spiro atoms. The maximum Gasteiger partial charge on any atom is 0.264 e. The van der Waals surface area contributed by atoms with Crippen molar-refractivity contribution in [3.05, 3.63) is 24.2 Å². The molecule has 0 bridgehead atoms. The van der Waals surface area contributed by atoms with Crippen LogP contribution in [-0.4, -0.2) is 67.8 Å². The normalized spacial score (nSPS) is 15.2. The average Bonchev–Trinajstić information content (AvgIpc) is 2.93. The predicted molar refractivity (Wildman–Crippen MR) is 88.3 cm³/mol. The molecule has 11 heteroatoms. The van der Waals surface area contributed by atoms with Gasteiger partial charge in [0, 0.05) is 13.2 Å². The van der Waals surface area contributed by atoms with Gasteiger partial charge in [0.2, 0.25) is 11.8 Å². The standard InChI is InChI=1S/C14H19N5O5S/c1-22-9-12-16-17-14(18-7-11(8-18)24-25(3,20)21)19(12)10-4-5-13(23-2)15-6-10/h4-6,11H,7-9H2,1-3H3. The van der Waals surface area contributed by atoms with E-state index in [0.717, 1.165) is 11.9 Å². The fourth-order valence-electron chi connectivity index (χ4n) is 2.53. The summed E-state index contributed by atoms with van der Waals surface area (Å²) >= 11 is 0. The molecule has 0 unspecified atom stereocenters. The van der Waals surface area contributed by atoms with Gasteiger partial charge < -0.3 is 14.4 Å². The highest BCUT2D eigenvalue weighted by molar-refractivity contribution is 7.86. The Kier molecular flexibility index (Phi) is 4.88. The van der Waals surface area contributed by atoms with Gasteiger partial charge in [-0.3, -0.25) is 8.75 Å². The molecule has 0 atom stereocenters. The van der Waals surface area contributed by atoms with Gasteiger partial charge in [-0.2, -0.15) is 8.42 Å². The molecule has 1 saturated heterocycles. The predicted octanol–water partition coefficient (Wildman–Crippen LogP) is -0.0179. The van der Waals surface area contributed by atoms with Crippen LogP contribution in [-0.2, 0) is 25.6 Å². The van der Waals surface area contributed by atoms with Crippen LogP contribution in [0.25, 0.3) is 5.69 Å². The molecule has 0 radical (unpaired) electrons. The first kappa shape index (κ1) is 17.6. The molecule has 0 saturated carbocycles. The number of ether oxygens (including phenoxy) is 2. The molecule has 25 heavy (non-hydrogen) atoms. The molecule has 1 aliphatic rings. The van der Waals surface area contributed by atoms with Crippen molar-refractivity contribution in [2.24, 2.45) is 0 Å². The zero-order chi connectivity index (χ0) is 18.0. The molecular formula is C14H19N5O5S. The first-order chi connectivity index (χ1) is 11.9. The SMILES string of the molecule is COCc1nnc(N2CC(OS(C)(=O)=O)C2)n1-c1ccc(OC)nc1. The van der Waals surface area contributed by atoms with Crippen molar-refractivity contribution < 1.29 is 22.1 Å². The molecule has 1 fully saturated rings. The minimum atomic E-state index is -3.48. The lowest BCUT2D eigenvalue weighted by Gasteiger charge is -2.38. The van der Waals surface area contributed by atoms with E-state index in [1.165, 1.54) is 0 Å². The average molecular weight is 369 g/mol. The first-order valence-corrected chi connectivity index (χ1v) is 9.30. The minimum absolute atomic E-state index is 0.274. The molecule has 2 aromatic heterocycles. The number of nitrogens with zero attached hydrogens (tertiary/aromatic N) is 5. The van der Waals surface area contributed by atoms with E-state index >= 15 is 0 Å². The number of pyridine rings is 1. The van der Waals surface area contributed by atoms with Gasteiger partial charge in [0.25, 0.3) is 10.1 Å². The first-order valence-electron chi connectivity index (χ1n) is 7.48. The highest BCUT2D eigenvalue weighted by atomic mass is 32.2.